The molecule has 4 rings (SSSR count). The number of amides is 1. The van der Waals surface area contributed by atoms with Crippen molar-refractivity contribution in [1.82, 2.24) is 15.5 Å². The minimum atomic E-state index is -0.621. The van der Waals surface area contributed by atoms with E-state index in [2.05, 4.69) is 15.5 Å². The molecule has 1 atom stereocenters. The number of hydrogen-bond donors (Lipinski definition) is 1. The van der Waals surface area contributed by atoms with E-state index in [-0.39, 0.29) is 11.5 Å². The van der Waals surface area contributed by atoms with Crippen molar-refractivity contribution in [3.05, 3.63) is 95.6 Å². The lowest BCUT2D eigenvalue weighted by atomic mass is 10.1. The van der Waals surface area contributed by atoms with Gasteiger partial charge in [-0.15, -0.1) is 0 Å². The molecule has 0 aliphatic heterocycles. The van der Waals surface area contributed by atoms with Gasteiger partial charge < -0.3 is 19.3 Å². The first-order valence-corrected chi connectivity index (χ1v) is 10.2. The van der Waals surface area contributed by atoms with Gasteiger partial charge in [-0.3, -0.25) is 4.79 Å². The molecule has 0 spiro atoms. The number of benzene rings is 3. The summed E-state index contributed by atoms with van der Waals surface area (Å²) >= 11 is 0. The van der Waals surface area contributed by atoms with Crippen LogP contribution in [0.1, 0.15) is 27.9 Å². The topological polar surface area (TPSA) is 86.5 Å². The molecule has 0 aliphatic carbocycles. The summed E-state index contributed by atoms with van der Waals surface area (Å²) in [5.41, 5.74) is 1.83. The minimum Gasteiger partial charge on any atom is -0.493 e. The first-order chi connectivity index (χ1) is 16.1. The van der Waals surface area contributed by atoms with Crippen molar-refractivity contribution in [2.24, 2.45) is 0 Å². The molecule has 1 aromatic heterocycles. The van der Waals surface area contributed by atoms with Crippen LogP contribution in [0, 0.1) is 5.82 Å². The van der Waals surface area contributed by atoms with E-state index in [4.69, 9.17) is 14.0 Å². The highest BCUT2D eigenvalue weighted by atomic mass is 19.1. The van der Waals surface area contributed by atoms with Gasteiger partial charge in [0.1, 0.15) is 11.9 Å². The summed E-state index contributed by atoms with van der Waals surface area (Å²) in [7, 11) is 3.10. The summed E-state index contributed by atoms with van der Waals surface area (Å²) in [5.74, 6) is 0.741. The van der Waals surface area contributed by atoms with E-state index in [0.717, 1.165) is 5.56 Å². The van der Waals surface area contributed by atoms with E-state index in [1.165, 1.54) is 18.2 Å². The smallest absolute Gasteiger partial charge is 0.252 e. The van der Waals surface area contributed by atoms with Crippen molar-refractivity contribution in [1.29, 1.82) is 0 Å². The third-order valence-corrected chi connectivity index (χ3v) is 5.06. The Bertz CT molecular complexity index is 1240. The molecule has 33 heavy (non-hydrogen) atoms. The van der Waals surface area contributed by atoms with Crippen molar-refractivity contribution in [2.45, 2.75) is 12.5 Å². The average molecular weight is 447 g/mol. The third-order valence-electron chi connectivity index (χ3n) is 5.06. The lowest BCUT2D eigenvalue weighted by Gasteiger charge is -2.15. The lowest BCUT2D eigenvalue weighted by Crippen LogP contribution is -2.30. The van der Waals surface area contributed by atoms with Crippen molar-refractivity contribution < 1.29 is 23.2 Å². The second-order valence-electron chi connectivity index (χ2n) is 7.25. The van der Waals surface area contributed by atoms with Gasteiger partial charge in [-0.2, -0.15) is 4.98 Å². The van der Waals surface area contributed by atoms with Gasteiger partial charge in [-0.1, -0.05) is 41.6 Å². The monoisotopic (exact) mass is 447 g/mol. The molecule has 0 saturated carbocycles. The Kier molecular flexibility index (Phi) is 6.64. The minimum absolute atomic E-state index is 0.202. The molecule has 0 bridgehead atoms. The zero-order chi connectivity index (χ0) is 23.2. The van der Waals surface area contributed by atoms with Crippen LogP contribution >= 0.6 is 0 Å². The number of carbonyl (C=O) groups is 1. The number of nitrogens with one attached hydrogen (secondary N) is 1. The summed E-state index contributed by atoms with van der Waals surface area (Å²) in [6, 6.07) is 19.7. The molecule has 0 saturated heterocycles. The SMILES string of the molecule is COc1ccc(-c2noc([C@H](Cc3ccccc3)NC(=O)c3cccc(F)c3)n2)cc1OC. The summed E-state index contributed by atoms with van der Waals surface area (Å²) in [5, 5.41) is 6.96. The molecule has 0 aliphatic rings. The van der Waals surface area contributed by atoms with E-state index >= 15 is 0 Å². The number of hydrogen-bond acceptors (Lipinski definition) is 6. The van der Waals surface area contributed by atoms with Crippen LogP contribution in [-0.2, 0) is 6.42 Å². The Balaban J connectivity index is 1.63. The number of nitrogens with zero attached hydrogens (tertiary/aromatic N) is 2. The predicted molar refractivity (Wildman–Crippen MR) is 120 cm³/mol. The standard InChI is InChI=1S/C25H22FN3O4/c1-31-21-12-11-17(15-22(21)32-2)23-28-25(33-29-23)20(13-16-7-4-3-5-8-16)27-24(30)18-9-6-10-19(26)14-18/h3-12,14-15,20H,13H2,1-2H3,(H,27,30)/t20-/m0/s1. The molecule has 3 aromatic carbocycles. The van der Waals surface area contributed by atoms with E-state index in [0.29, 0.717) is 29.3 Å². The van der Waals surface area contributed by atoms with E-state index in [1.807, 2.05) is 30.3 Å². The second kappa shape index (κ2) is 9.95. The molecule has 0 fully saturated rings. The quantitative estimate of drug-likeness (QED) is 0.425. The van der Waals surface area contributed by atoms with E-state index in [9.17, 15) is 9.18 Å². The summed E-state index contributed by atoms with van der Waals surface area (Å²) in [6.07, 6.45) is 0.412. The van der Waals surface area contributed by atoms with Gasteiger partial charge in [-0.05, 0) is 42.0 Å². The Morgan fingerprint density at radius 1 is 1.00 bits per heavy atom. The Morgan fingerprint density at radius 2 is 1.79 bits per heavy atom. The molecule has 1 N–H and O–H groups in total. The Morgan fingerprint density at radius 3 is 2.52 bits per heavy atom. The maximum Gasteiger partial charge on any atom is 0.252 e. The Labute approximate surface area is 190 Å². The summed E-state index contributed by atoms with van der Waals surface area (Å²) < 4.78 is 29.7. The molecular weight excluding hydrogens is 425 g/mol. The van der Waals surface area contributed by atoms with Gasteiger partial charge in [0.25, 0.3) is 5.91 Å². The van der Waals surface area contributed by atoms with Gasteiger partial charge >= 0.3 is 0 Å². The second-order valence-corrected chi connectivity index (χ2v) is 7.25. The van der Waals surface area contributed by atoms with Crippen LogP contribution in [0.5, 0.6) is 11.5 Å². The highest BCUT2D eigenvalue weighted by Gasteiger charge is 2.23. The van der Waals surface area contributed by atoms with Crippen LogP contribution in [0.4, 0.5) is 4.39 Å². The molecule has 1 heterocycles. The van der Waals surface area contributed by atoms with Crippen LogP contribution in [0.2, 0.25) is 0 Å². The number of rotatable bonds is 8. The van der Waals surface area contributed by atoms with Gasteiger partial charge in [-0.25, -0.2) is 4.39 Å². The first kappa shape index (κ1) is 22.0. The number of methoxy groups -OCH3 is 2. The molecule has 1 amide bonds. The van der Waals surface area contributed by atoms with Crippen molar-refractivity contribution in [3.63, 3.8) is 0 Å². The fourth-order valence-corrected chi connectivity index (χ4v) is 3.39. The molecule has 4 aromatic rings. The third kappa shape index (κ3) is 5.17. The van der Waals surface area contributed by atoms with Gasteiger partial charge in [0, 0.05) is 17.5 Å². The van der Waals surface area contributed by atoms with Crippen molar-refractivity contribution in [2.75, 3.05) is 14.2 Å². The van der Waals surface area contributed by atoms with E-state index < -0.39 is 17.8 Å². The normalized spacial score (nSPS) is 11.6. The van der Waals surface area contributed by atoms with Crippen molar-refractivity contribution >= 4 is 5.91 Å². The van der Waals surface area contributed by atoms with Crippen molar-refractivity contribution in [3.8, 4) is 22.9 Å². The van der Waals surface area contributed by atoms with Crippen LogP contribution in [0.25, 0.3) is 11.4 Å². The van der Waals surface area contributed by atoms with Crippen LogP contribution in [0.3, 0.4) is 0 Å². The number of aromatic nitrogens is 2. The van der Waals surface area contributed by atoms with Crippen LogP contribution < -0.4 is 14.8 Å². The average Bonchev–Trinajstić information content (AvgIpc) is 3.34. The molecular formula is C25H22FN3O4. The largest absolute Gasteiger partial charge is 0.493 e. The van der Waals surface area contributed by atoms with Gasteiger partial charge in [0.15, 0.2) is 11.5 Å². The number of carbonyl (C=O) groups excluding carboxylic acids is 1. The highest BCUT2D eigenvalue weighted by molar-refractivity contribution is 5.94. The molecule has 0 unspecified atom stereocenters. The number of ether oxygens (including phenoxy) is 2. The predicted octanol–water partition coefficient (Wildman–Crippen LogP) is 4.61. The van der Waals surface area contributed by atoms with Gasteiger partial charge in [0.2, 0.25) is 11.7 Å². The Hall–Kier alpha value is -4.20. The maximum absolute atomic E-state index is 13.6. The van der Waals surface area contributed by atoms with Gasteiger partial charge in [0.05, 0.1) is 14.2 Å². The molecule has 0 radical (unpaired) electrons. The van der Waals surface area contributed by atoms with Crippen LogP contribution in [-0.4, -0.2) is 30.3 Å². The fraction of sp³-hybridized carbons (Fsp3) is 0.160. The molecule has 7 nitrogen and oxygen atoms in total. The highest BCUT2D eigenvalue weighted by Crippen LogP contribution is 2.31. The first-order valence-electron chi connectivity index (χ1n) is 10.2. The zero-order valence-electron chi connectivity index (χ0n) is 18.1. The number of halogens is 1. The molecule has 168 valence electrons. The summed E-state index contributed by atoms with van der Waals surface area (Å²) in [4.78, 5) is 17.3. The zero-order valence-corrected chi connectivity index (χ0v) is 18.1. The maximum atomic E-state index is 13.6. The van der Waals surface area contributed by atoms with Crippen LogP contribution in [0.15, 0.2) is 77.3 Å². The lowest BCUT2D eigenvalue weighted by molar-refractivity contribution is 0.0927. The molecule has 8 heteroatoms. The fourth-order valence-electron chi connectivity index (χ4n) is 3.39. The van der Waals surface area contributed by atoms with E-state index in [1.54, 1.807) is 38.5 Å². The summed E-state index contributed by atoms with van der Waals surface area (Å²) in [6.45, 7) is 0.